The SMILES string of the molecule is CN(C)c1ccc(C(=O)OC(CS(=O)(=O)[O-])(C(F)(F)F)C(F)(F)F)cc1. The number of ether oxygens (including phenoxy) is 1. The quantitative estimate of drug-likeness (QED) is 0.422. The van der Waals surface area contributed by atoms with E-state index in [1.54, 1.807) is 14.1 Å². The number of hydrogen-bond donors (Lipinski definition) is 0. The molecule has 0 spiro atoms. The third-order valence-corrected chi connectivity index (χ3v) is 3.94. The van der Waals surface area contributed by atoms with Gasteiger partial charge in [-0.15, -0.1) is 0 Å². The maximum Gasteiger partial charge on any atom is 0.438 e. The van der Waals surface area contributed by atoms with Gasteiger partial charge in [-0.25, -0.2) is 13.2 Å². The molecule has 13 heteroatoms. The molecule has 0 saturated heterocycles. The summed E-state index contributed by atoms with van der Waals surface area (Å²) in [6.07, 6.45) is -12.8. The number of benzene rings is 1. The van der Waals surface area contributed by atoms with Crippen LogP contribution in [0, 0.1) is 0 Å². The van der Waals surface area contributed by atoms with E-state index < -0.39 is 45.4 Å². The molecule has 0 saturated carbocycles. The fourth-order valence-corrected chi connectivity index (χ4v) is 2.72. The molecule has 0 heterocycles. The second-order valence-electron chi connectivity index (χ2n) is 5.36. The Bertz CT molecular complexity index is 741. The Hall–Kier alpha value is -2.02. The monoisotopic (exact) mass is 408 g/mol. The predicted molar refractivity (Wildman–Crippen MR) is 75.6 cm³/mol. The first-order valence-electron chi connectivity index (χ1n) is 6.58. The zero-order chi connectivity index (χ0) is 20.6. The van der Waals surface area contributed by atoms with Gasteiger partial charge in [0.1, 0.15) is 0 Å². The zero-order valence-corrected chi connectivity index (χ0v) is 14.0. The zero-order valence-electron chi connectivity index (χ0n) is 13.2. The first-order chi connectivity index (χ1) is 11.5. The first-order valence-corrected chi connectivity index (χ1v) is 8.16. The summed E-state index contributed by atoms with van der Waals surface area (Å²) in [5.41, 5.74) is -5.71. The lowest BCUT2D eigenvalue weighted by Gasteiger charge is -2.36. The average Bonchev–Trinajstić information content (AvgIpc) is 2.42. The van der Waals surface area contributed by atoms with Crippen LogP contribution in [0.3, 0.4) is 0 Å². The summed E-state index contributed by atoms with van der Waals surface area (Å²) in [5, 5.41) is 0. The van der Waals surface area contributed by atoms with E-state index in [1.165, 1.54) is 17.0 Å². The van der Waals surface area contributed by atoms with Gasteiger partial charge in [0.25, 0.3) is 0 Å². The van der Waals surface area contributed by atoms with Crippen LogP contribution < -0.4 is 4.90 Å². The van der Waals surface area contributed by atoms with Gasteiger partial charge in [-0.2, -0.15) is 26.3 Å². The molecule has 0 aliphatic heterocycles. The van der Waals surface area contributed by atoms with Gasteiger partial charge in [0, 0.05) is 19.8 Å². The molecule has 0 fully saturated rings. The number of rotatable bonds is 5. The van der Waals surface area contributed by atoms with Crippen molar-refractivity contribution in [1.82, 2.24) is 0 Å². The van der Waals surface area contributed by atoms with E-state index in [0.29, 0.717) is 5.69 Å². The standard InChI is InChI=1S/C13H13F6NO5S/c1-20(2)9-5-3-8(4-6-9)10(21)25-11(12(14,15)16,13(17,18)19)7-26(22,23)24/h3-6H,7H2,1-2H3,(H,22,23,24)/p-1. The summed E-state index contributed by atoms with van der Waals surface area (Å²) in [6.45, 7) is 0. The summed E-state index contributed by atoms with van der Waals surface area (Å²) >= 11 is 0. The van der Waals surface area contributed by atoms with Crippen LogP contribution >= 0.6 is 0 Å². The molecule has 148 valence electrons. The molecule has 0 aromatic heterocycles. The molecule has 6 nitrogen and oxygen atoms in total. The number of nitrogens with zero attached hydrogens (tertiary/aromatic N) is 1. The lowest BCUT2D eigenvalue weighted by molar-refractivity contribution is -0.356. The molecule has 1 aromatic carbocycles. The van der Waals surface area contributed by atoms with Gasteiger partial charge in [0.2, 0.25) is 0 Å². The number of anilines is 1. The van der Waals surface area contributed by atoms with Crippen LogP contribution in [-0.4, -0.2) is 56.7 Å². The number of carbonyl (C=O) groups excluding carboxylic acids is 1. The van der Waals surface area contributed by atoms with Gasteiger partial charge in [0.05, 0.1) is 21.4 Å². The van der Waals surface area contributed by atoms with Crippen molar-refractivity contribution in [2.45, 2.75) is 18.0 Å². The van der Waals surface area contributed by atoms with Gasteiger partial charge in [-0.05, 0) is 24.3 Å². The Balaban J connectivity index is 3.38. The lowest BCUT2D eigenvalue weighted by Crippen LogP contribution is -2.63. The fraction of sp³-hybridized carbons (Fsp3) is 0.462. The summed E-state index contributed by atoms with van der Waals surface area (Å²) in [6, 6.07) is 4.20. The largest absolute Gasteiger partial charge is 0.748 e. The molecule has 0 radical (unpaired) electrons. The van der Waals surface area contributed by atoms with Crippen molar-refractivity contribution in [3.63, 3.8) is 0 Å². The van der Waals surface area contributed by atoms with Crippen LogP contribution in [0.15, 0.2) is 24.3 Å². The molecular weight excluding hydrogens is 396 g/mol. The molecule has 0 aliphatic carbocycles. The number of carbonyl (C=O) groups is 1. The molecule has 1 aromatic rings. The van der Waals surface area contributed by atoms with Crippen LogP contribution in [0.1, 0.15) is 10.4 Å². The van der Waals surface area contributed by atoms with Gasteiger partial charge in [0.15, 0.2) is 0 Å². The van der Waals surface area contributed by atoms with Gasteiger partial charge < -0.3 is 14.2 Å². The van der Waals surface area contributed by atoms with Crippen molar-refractivity contribution in [2.24, 2.45) is 0 Å². The Morgan fingerprint density at radius 2 is 1.46 bits per heavy atom. The highest BCUT2D eigenvalue weighted by Crippen LogP contribution is 2.47. The van der Waals surface area contributed by atoms with E-state index in [1.807, 2.05) is 0 Å². The molecule has 0 bridgehead atoms. The topological polar surface area (TPSA) is 86.7 Å². The van der Waals surface area contributed by atoms with Crippen LogP contribution in [0.2, 0.25) is 0 Å². The second-order valence-corrected chi connectivity index (χ2v) is 6.76. The maximum atomic E-state index is 13.0. The van der Waals surface area contributed by atoms with Crippen LogP contribution in [0.4, 0.5) is 32.0 Å². The van der Waals surface area contributed by atoms with E-state index >= 15 is 0 Å². The summed E-state index contributed by atoms with van der Waals surface area (Å²) in [4.78, 5) is 13.3. The van der Waals surface area contributed by atoms with E-state index in [2.05, 4.69) is 4.74 Å². The smallest absolute Gasteiger partial charge is 0.438 e. The molecule has 0 aliphatic rings. The van der Waals surface area contributed by atoms with Gasteiger partial charge in [-0.1, -0.05) is 0 Å². The third kappa shape index (κ3) is 4.78. The Kier molecular flexibility index (Phi) is 5.88. The summed E-state index contributed by atoms with van der Waals surface area (Å²) in [7, 11) is -2.89. The molecule has 0 amide bonds. The highest BCUT2D eigenvalue weighted by Gasteiger charge is 2.75. The van der Waals surface area contributed by atoms with Crippen molar-refractivity contribution in [3.05, 3.63) is 29.8 Å². The maximum absolute atomic E-state index is 13.0. The van der Waals surface area contributed by atoms with E-state index in [9.17, 15) is 44.1 Å². The first kappa shape index (κ1) is 22.0. The molecule has 0 N–H and O–H groups in total. The molecule has 1 rings (SSSR count). The van der Waals surface area contributed by atoms with Crippen LogP contribution in [0.25, 0.3) is 0 Å². The minimum absolute atomic E-state index is 0.474. The number of hydrogen-bond acceptors (Lipinski definition) is 6. The minimum Gasteiger partial charge on any atom is -0.748 e. The molecule has 0 atom stereocenters. The van der Waals surface area contributed by atoms with E-state index in [4.69, 9.17) is 0 Å². The number of halogens is 6. The average molecular weight is 408 g/mol. The Labute approximate surface area is 144 Å². The minimum atomic E-state index is -6.40. The number of alkyl halides is 6. The van der Waals surface area contributed by atoms with Crippen molar-refractivity contribution in [1.29, 1.82) is 0 Å². The summed E-state index contributed by atoms with van der Waals surface area (Å²) < 4.78 is 114. The fourth-order valence-electron chi connectivity index (χ4n) is 1.83. The highest BCUT2D eigenvalue weighted by atomic mass is 32.2. The van der Waals surface area contributed by atoms with Crippen molar-refractivity contribution < 1.29 is 48.8 Å². The van der Waals surface area contributed by atoms with Crippen LogP contribution in [-0.2, 0) is 14.9 Å². The van der Waals surface area contributed by atoms with Gasteiger partial charge in [-0.3, -0.25) is 0 Å². The lowest BCUT2D eigenvalue weighted by atomic mass is 10.1. The van der Waals surface area contributed by atoms with E-state index in [0.717, 1.165) is 12.1 Å². The summed E-state index contributed by atoms with van der Waals surface area (Å²) in [5.74, 6) is -5.12. The van der Waals surface area contributed by atoms with Gasteiger partial charge >= 0.3 is 23.9 Å². The Morgan fingerprint density at radius 3 is 1.77 bits per heavy atom. The number of esters is 1. The van der Waals surface area contributed by atoms with E-state index in [-0.39, 0.29) is 0 Å². The Morgan fingerprint density at radius 1 is 1.04 bits per heavy atom. The third-order valence-electron chi connectivity index (χ3n) is 3.18. The molecule has 0 unspecified atom stereocenters. The van der Waals surface area contributed by atoms with Crippen molar-refractivity contribution in [2.75, 3.05) is 24.7 Å². The van der Waals surface area contributed by atoms with Crippen molar-refractivity contribution in [3.8, 4) is 0 Å². The second kappa shape index (κ2) is 6.95. The normalized spacial score (nSPS) is 13.4. The van der Waals surface area contributed by atoms with Crippen LogP contribution in [0.5, 0.6) is 0 Å². The highest BCUT2D eigenvalue weighted by molar-refractivity contribution is 7.85. The molecule has 26 heavy (non-hydrogen) atoms. The van der Waals surface area contributed by atoms with Crippen molar-refractivity contribution >= 4 is 21.8 Å². The predicted octanol–water partition coefficient (Wildman–Crippen LogP) is 2.32. The molecular formula is C13H12F6NO5S-.